The SMILES string of the molecule is Cc1nc2c(C(N)=O)cccn2c1-c1nc(NCc2ccccc2)cc(B(O)O)n1. The summed E-state index contributed by atoms with van der Waals surface area (Å²) in [5.74, 6) is 0.0676. The van der Waals surface area contributed by atoms with Crippen molar-refractivity contribution in [2.45, 2.75) is 13.5 Å². The number of benzene rings is 1. The lowest BCUT2D eigenvalue weighted by molar-refractivity contribution is 0.100. The van der Waals surface area contributed by atoms with Crippen molar-refractivity contribution >= 4 is 30.1 Å². The Bertz CT molecular complexity index is 1230. The molecule has 1 amide bonds. The minimum Gasteiger partial charge on any atom is -0.422 e. The molecule has 0 saturated carbocycles. The van der Waals surface area contributed by atoms with Crippen LogP contribution in [0.1, 0.15) is 21.6 Å². The smallest absolute Gasteiger partial charge is 0.422 e. The highest BCUT2D eigenvalue weighted by atomic mass is 16.4. The van der Waals surface area contributed by atoms with E-state index in [0.717, 1.165) is 5.56 Å². The summed E-state index contributed by atoms with van der Waals surface area (Å²) in [5.41, 5.74) is 8.29. The zero-order valence-electron chi connectivity index (χ0n) is 16.1. The van der Waals surface area contributed by atoms with Crippen molar-refractivity contribution in [3.8, 4) is 11.5 Å². The molecular formula is C20H19BN6O3. The standard InChI is InChI=1S/C20H19BN6O3/c1-12-17(27-9-5-8-14(18(22)28)20(27)24-12)19-25-15(21(29)30)10-16(26-19)23-11-13-6-3-2-4-7-13/h2-10,29-30H,11H2,1H3,(H2,22,28)(H,23,25,26). The van der Waals surface area contributed by atoms with Crippen molar-refractivity contribution in [3.63, 3.8) is 0 Å². The number of carbonyl (C=O) groups excluding carboxylic acids is 1. The Hall–Kier alpha value is -3.76. The Labute approximate surface area is 172 Å². The van der Waals surface area contributed by atoms with E-state index in [2.05, 4.69) is 20.3 Å². The first-order valence-electron chi connectivity index (χ1n) is 9.25. The Balaban J connectivity index is 1.80. The summed E-state index contributed by atoms with van der Waals surface area (Å²) in [6.07, 6.45) is 1.72. The molecule has 0 radical (unpaired) electrons. The summed E-state index contributed by atoms with van der Waals surface area (Å²) < 4.78 is 1.67. The predicted molar refractivity (Wildman–Crippen MR) is 113 cm³/mol. The third-order valence-electron chi connectivity index (χ3n) is 4.63. The summed E-state index contributed by atoms with van der Waals surface area (Å²) in [4.78, 5) is 25.0. The number of nitrogens with two attached hydrogens (primary N) is 1. The van der Waals surface area contributed by atoms with Gasteiger partial charge >= 0.3 is 7.12 Å². The molecule has 0 spiro atoms. The summed E-state index contributed by atoms with van der Waals surface area (Å²) >= 11 is 0. The van der Waals surface area contributed by atoms with Crippen LogP contribution in [0.3, 0.4) is 0 Å². The maximum Gasteiger partial charge on any atom is 0.508 e. The van der Waals surface area contributed by atoms with Gasteiger partial charge in [0.1, 0.15) is 17.2 Å². The van der Waals surface area contributed by atoms with Crippen LogP contribution in [0.5, 0.6) is 0 Å². The molecule has 4 rings (SSSR count). The van der Waals surface area contributed by atoms with E-state index in [1.165, 1.54) is 6.07 Å². The van der Waals surface area contributed by atoms with Crippen molar-refractivity contribution in [1.82, 2.24) is 19.4 Å². The van der Waals surface area contributed by atoms with Gasteiger partial charge in [-0.15, -0.1) is 0 Å². The first-order valence-corrected chi connectivity index (χ1v) is 9.25. The third-order valence-corrected chi connectivity index (χ3v) is 4.63. The van der Waals surface area contributed by atoms with Crippen LogP contribution >= 0.6 is 0 Å². The average molecular weight is 402 g/mol. The fourth-order valence-corrected chi connectivity index (χ4v) is 3.23. The molecule has 0 unspecified atom stereocenters. The molecule has 0 aliphatic carbocycles. The molecule has 0 aliphatic rings. The van der Waals surface area contributed by atoms with Crippen LogP contribution in [0.25, 0.3) is 17.2 Å². The minimum absolute atomic E-state index is 0.0379. The van der Waals surface area contributed by atoms with Gasteiger partial charge in [0.05, 0.1) is 16.9 Å². The molecule has 0 atom stereocenters. The number of anilines is 1. The largest absolute Gasteiger partial charge is 0.508 e. The maximum atomic E-state index is 11.8. The summed E-state index contributed by atoms with van der Waals surface area (Å²) in [6.45, 7) is 2.26. The number of hydrogen-bond donors (Lipinski definition) is 4. The van der Waals surface area contributed by atoms with Crippen molar-refractivity contribution in [2.75, 3.05) is 5.32 Å². The number of carbonyl (C=O) groups is 1. The number of pyridine rings is 1. The first kappa shape index (κ1) is 19.6. The van der Waals surface area contributed by atoms with Gasteiger partial charge in [0.2, 0.25) is 0 Å². The van der Waals surface area contributed by atoms with Crippen molar-refractivity contribution in [2.24, 2.45) is 5.73 Å². The van der Waals surface area contributed by atoms with E-state index in [9.17, 15) is 14.8 Å². The molecule has 3 heterocycles. The fourth-order valence-electron chi connectivity index (χ4n) is 3.23. The Morgan fingerprint density at radius 3 is 2.60 bits per heavy atom. The number of aromatic nitrogens is 4. The summed E-state index contributed by atoms with van der Waals surface area (Å²) in [6, 6.07) is 14.5. The van der Waals surface area contributed by atoms with E-state index in [1.807, 2.05) is 30.3 Å². The van der Waals surface area contributed by atoms with Gasteiger partial charge < -0.3 is 21.1 Å². The molecule has 10 heteroatoms. The number of nitrogens with zero attached hydrogens (tertiary/aromatic N) is 4. The van der Waals surface area contributed by atoms with Gasteiger partial charge in [-0.05, 0) is 30.7 Å². The van der Waals surface area contributed by atoms with Crippen molar-refractivity contribution < 1.29 is 14.8 Å². The van der Waals surface area contributed by atoms with Crippen LogP contribution in [0.4, 0.5) is 5.82 Å². The van der Waals surface area contributed by atoms with Gasteiger partial charge in [0.15, 0.2) is 5.82 Å². The Morgan fingerprint density at radius 2 is 1.90 bits per heavy atom. The lowest BCUT2D eigenvalue weighted by Crippen LogP contribution is -2.33. The van der Waals surface area contributed by atoms with Crippen LogP contribution in [0.15, 0.2) is 54.7 Å². The number of fused-ring (bicyclic) bond motifs is 1. The van der Waals surface area contributed by atoms with Crippen LogP contribution in [-0.4, -0.2) is 42.4 Å². The van der Waals surface area contributed by atoms with Crippen LogP contribution in [0.2, 0.25) is 0 Å². The molecule has 0 bridgehead atoms. The van der Waals surface area contributed by atoms with Gasteiger partial charge in [-0.1, -0.05) is 30.3 Å². The monoisotopic (exact) mass is 402 g/mol. The summed E-state index contributed by atoms with van der Waals surface area (Å²) in [7, 11) is -1.77. The number of aryl methyl sites for hydroxylation is 1. The van der Waals surface area contributed by atoms with Crippen LogP contribution < -0.4 is 16.6 Å². The number of primary amides is 1. The van der Waals surface area contributed by atoms with E-state index in [0.29, 0.717) is 29.4 Å². The molecule has 0 aliphatic heterocycles. The van der Waals surface area contributed by atoms with Gasteiger partial charge in [-0.3, -0.25) is 9.20 Å². The third kappa shape index (κ3) is 3.73. The highest BCUT2D eigenvalue weighted by Gasteiger charge is 2.22. The van der Waals surface area contributed by atoms with E-state index in [1.54, 1.807) is 29.7 Å². The van der Waals surface area contributed by atoms with Crippen LogP contribution in [-0.2, 0) is 6.54 Å². The molecule has 0 fully saturated rings. The highest BCUT2D eigenvalue weighted by Crippen LogP contribution is 2.24. The second-order valence-electron chi connectivity index (χ2n) is 6.74. The van der Waals surface area contributed by atoms with E-state index in [-0.39, 0.29) is 17.0 Å². The lowest BCUT2D eigenvalue weighted by atomic mass is 9.86. The minimum atomic E-state index is -1.77. The maximum absolute atomic E-state index is 11.8. The second kappa shape index (κ2) is 7.93. The second-order valence-corrected chi connectivity index (χ2v) is 6.74. The number of amides is 1. The van der Waals surface area contributed by atoms with Gasteiger partial charge in [-0.2, -0.15) is 0 Å². The number of hydrogen-bond acceptors (Lipinski definition) is 7. The Kier molecular flexibility index (Phi) is 5.17. The van der Waals surface area contributed by atoms with Gasteiger partial charge in [-0.25, -0.2) is 15.0 Å². The van der Waals surface area contributed by atoms with E-state index >= 15 is 0 Å². The highest BCUT2D eigenvalue weighted by molar-refractivity contribution is 6.57. The fraction of sp³-hybridized carbons (Fsp3) is 0.100. The molecule has 1 aromatic carbocycles. The molecule has 150 valence electrons. The lowest BCUT2D eigenvalue weighted by Gasteiger charge is -2.11. The van der Waals surface area contributed by atoms with Crippen molar-refractivity contribution in [1.29, 1.82) is 0 Å². The van der Waals surface area contributed by atoms with Gasteiger partial charge in [0.25, 0.3) is 5.91 Å². The number of rotatable bonds is 6. The number of imidazole rings is 1. The molecule has 3 aromatic heterocycles. The summed E-state index contributed by atoms with van der Waals surface area (Å²) in [5, 5.41) is 22.6. The van der Waals surface area contributed by atoms with E-state index < -0.39 is 13.0 Å². The molecular weight excluding hydrogens is 383 g/mol. The zero-order valence-corrected chi connectivity index (χ0v) is 16.1. The normalized spacial score (nSPS) is 10.9. The zero-order chi connectivity index (χ0) is 21.3. The topological polar surface area (TPSA) is 139 Å². The van der Waals surface area contributed by atoms with E-state index in [4.69, 9.17) is 5.73 Å². The Morgan fingerprint density at radius 1 is 1.13 bits per heavy atom. The predicted octanol–water partition coefficient (Wildman–Crippen LogP) is 0.491. The van der Waals surface area contributed by atoms with Crippen molar-refractivity contribution in [3.05, 3.63) is 71.5 Å². The quantitative estimate of drug-likeness (QED) is 0.344. The average Bonchev–Trinajstić information content (AvgIpc) is 3.08. The molecule has 9 nitrogen and oxygen atoms in total. The van der Waals surface area contributed by atoms with Gasteiger partial charge in [0, 0.05) is 12.7 Å². The number of nitrogens with one attached hydrogen (secondary N) is 1. The molecule has 30 heavy (non-hydrogen) atoms. The molecule has 5 N–H and O–H groups in total. The first-order chi connectivity index (χ1) is 14.4. The molecule has 4 aromatic rings. The van der Waals surface area contributed by atoms with Crippen LogP contribution in [0, 0.1) is 6.92 Å². The molecule has 0 saturated heterocycles.